The highest BCUT2D eigenvalue weighted by molar-refractivity contribution is 5.99. The Morgan fingerprint density at radius 3 is 3.06 bits per heavy atom. The summed E-state index contributed by atoms with van der Waals surface area (Å²) in [6.07, 6.45) is 1.75. The number of rotatable bonds is 1. The largest absolute Gasteiger partial charge is 0.478 e. The molecule has 0 bridgehead atoms. The molecule has 0 aliphatic rings. The average Bonchev–Trinajstić information content (AvgIpc) is 2.77. The number of hydrogen-bond acceptors (Lipinski definition) is 3. The number of nitrogen functional groups attached to an aromatic ring is 1. The van der Waals surface area contributed by atoms with Crippen LogP contribution in [0.5, 0.6) is 0 Å². The van der Waals surface area contributed by atoms with E-state index in [9.17, 15) is 4.79 Å². The van der Waals surface area contributed by atoms with Crippen molar-refractivity contribution in [3.05, 3.63) is 30.0 Å². The van der Waals surface area contributed by atoms with Gasteiger partial charge in [-0.1, -0.05) is 0 Å². The Kier molecular flexibility index (Phi) is 1.51. The standard InChI is InChI=1S/C10H8N4O2/c11-6-4-8-7(3-5(6)10(15)16)13-9-1-2-12-14(8)9/h1-4,12H,11H2,(H,15,16). The molecule has 0 amide bonds. The minimum atomic E-state index is -1.05. The molecule has 16 heavy (non-hydrogen) atoms. The third-order valence-electron chi connectivity index (χ3n) is 2.52. The second kappa shape index (κ2) is 2.75. The molecule has 0 radical (unpaired) electrons. The van der Waals surface area contributed by atoms with Gasteiger partial charge >= 0.3 is 5.97 Å². The molecule has 2 aromatic heterocycles. The quantitative estimate of drug-likeness (QED) is 0.530. The van der Waals surface area contributed by atoms with Crippen molar-refractivity contribution in [3.63, 3.8) is 0 Å². The third kappa shape index (κ3) is 1.01. The first-order valence-electron chi connectivity index (χ1n) is 4.65. The predicted molar refractivity (Wildman–Crippen MR) is 58.4 cm³/mol. The molecule has 0 atom stereocenters. The minimum Gasteiger partial charge on any atom is -0.478 e. The monoisotopic (exact) mass is 216 g/mol. The maximum Gasteiger partial charge on any atom is 0.337 e. The summed E-state index contributed by atoms with van der Waals surface area (Å²) in [7, 11) is 0. The summed E-state index contributed by atoms with van der Waals surface area (Å²) in [6, 6.07) is 4.89. The predicted octanol–water partition coefficient (Wildman–Crippen LogP) is 1.10. The third-order valence-corrected chi connectivity index (χ3v) is 2.52. The van der Waals surface area contributed by atoms with Gasteiger partial charge in [-0.3, -0.25) is 5.10 Å². The van der Waals surface area contributed by atoms with E-state index in [-0.39, 0.29) is 11.3 Å². The second-order valence-electron chi connectivity index (χ2n) is 3.50. The number of benzene rings is 1. The SMILES string of the molecule is Nc1cc2c(cc1C(=O)O)nc1cc[nH]n12. The zero-order chi connectivity index (χ0) is 11.3. The fourth-order valence-corrected chi connectivity index (χ4v) is 1.78. The number of carbonyl (C=O) groups is 1. The van der Waals surface area contributed by atoms with E-state index >= 15 is 0 Å². The van der Waals surface area contributed by atoms with Crippen molar-refractivity contribution >= 4 is 28.3 Å². The van der Waals surface area contributed by atoms with Crippen molar-refractivity contribution in [3.8, 4) is 0 Å². The van der Waals surface area contributed by atoms with Crippen LogP contribution in [0.25, 0.3) is 16.7 Å². The van der Waals surface area contributed by atoms with E-state index in [1.54, 1.807) is 22.8 Å². The fourth-order valence-electron chi connectivity index (χ4n) is 1.78. The topological polar surface area (TPSA) is 96.4 Å². The van der Waals surface area contributed by atoms with Crippen LogP contribution in [0.3, 0.4) is 0 Å². The molecule has 4 N–H and O–H groups in total. The molecular weight excluding hydrogens is 208 g/mol. The molecule has 0 saturated heterocycles. The van der Waals surface area contributed by atoms with E-state index in [0.717, 1.165) is 11.2 Å². The van der Waals surface area contributed by atoms with Crippen LogP contribution < -0.4 is 5.73 Å². The number of H-pyrrole nitrogens is 1. The zero-order valence-corrected chi connectivity index (χ0v) is 8.14. The first-order chi connectivity index (χ1) is 7.66. The first-order valence-corrected chi connectivity index (χ1v) is 4.65. The molecule has 2 heterocycles. The Hall–Kier alpha value is -2.50. The van der Waals surface area contributed by atoms with E-state index in [1.807, 2.05) is 0 Å². The molecule has 0 spiro atoms. The van der Waals surface area contributed by atoms with Gasteiger partial charge < -0.3 is 10.8 Å². The lowest BCUT2D eigenvalue weighted by molar-refractivity contribution is 0.0698. The van der Waals surface area contributed by atoms with Gasteiger partial charge in [-0.15, -0.1) is 0 Å². The Labute approximate surface area is 89.3 Å². The first kappa shape index (κ1) is 8.78. The maximum atomic E-state index is 10.9. The molecule has 3 rings (SSSR count). The van der Waals surface area contributed by atoms with Gasteiger partial charge in [0, 0.05) is 18.0 Å². The Bertz CT molecular complexity index is 710. The molecule has 0 saturated carbocycles. The number of carboxylic acid groups (broad SMARTS) is 1. The van der Waals surface area contributed by atoms with Crippen molar-refractivity contribution in [1.29, 1.82) is 0 Å². The van der Waals surface area contributed by atoms with Gasteiger partial charge in [0.25, 0.3) is 0 Å². The number of anilines is 1. The van der Waals surface area contributed by atoms with Crippen LogP contribution in [0, 0.1) is 0 Å². The van der Waals surface area contributed by atoms with Gasteiger partial charge in [0.05, 0.1) is 16.6 Å². The van der Waals surface area contributed by atoms with Crippen LogP contribution >= 0.6 is 0 Å². The Balaban J connectivity index is 2.45. The summed E-state index contributed by atoms with van der Waals surface area (Å²) >= 11 is 0. The number of aromatic carboxylic acids is 1. The van der Waals surface area contributed by atoms with E-state index in [1.165, 1.54) is 6.07 Å². The van der Waals surface area contributed by atoms with Crippen LogP contribution in [0.1, 0.15) is 10.4 Å². The van der Waals surface area contributed by atoms with Gasteiger partial charge in [-0.2, -0.15) is 0 Å². The van der Waals surface area contributed by atoms with E-state index in [4.69, 9.17) is 10.8 Å². The highest BCUT2D eigenvalue weighted by Crippen LogP contribution is 2.22. The highest BCUT2D eigenvalue weighted by Gasteiger charge is 2.13. The summed E-state index contributed by atoms with van der Waals surface area (Å²) in [5.41, 5.74) is 8.09. The summed E-state index contributed by atoms with van der Waals surface area (Å²) in [6.45, 7) is 0. The molecule has 3 aromatic rings. The number of hydrogen-bond donors (Lipinski definition) is 3. The molecule has 6 heteroatoms. The molecule has 0 unspecified atom stereocenters. The minimum absolute atomic E-state index is 0.0771. The highest BCUT2D eigenvalue weighted by atomic mass is 16.4. The van der Waals surface area contributed by atoms with Gasteiger partial charge in [0.1, 0.15) is 0 Å². The molecule has 1 aromatic carbocycles. The van der Waals surface area contributed by atoms with E-state index < -0.39 is 5.97 Å². The lowest BCUT2D eigenvalue weighted by Crippen LogP contribution is -2.02. The zero-order valence-electron chi connectivity index (χ0n) is 8.14. The number of aromatic amines is 1. The summed E-state index contributed by atoms with van der Waals surface area (Å²) < 4.78 is 1.75. The molecular formula is C10H8N4O2. The summed E-state index contributed by atoms with van der Waals surface area (Å²) in [4.78, 5) is 15.2. The second-order valence-corrected chi connectivity index (χ2v) is 3.50. The van der Waals surface area contributed by atoms with Crippen LogP contribution in [0.2, 0.25) is 0 Å². The number of nitrogens with two attached hydrogens (primary N) is 1. The van der Waals surface area contributed by atoms with Crippen molar-refractivity contribution in [2.24, 2.45) is 0 Å². The molecule has 6 nitrogen and oxygen atoms in total. The summed E-state index contributed by atoms with van der Waals surface area (Å²) in [5, 5.41) is 11.9. The number of nitrogens with one attached hydrogen (secondary N) is 1. The van der Waals surface area contributed by atoms with E-state index in [0.29, 0.717) is 5.52 Å². The number of imidazole rings is 1. The number of carboxylic acids is 1. The smallest absolute Gasteiger partial charge is 0.337 e. The van der Waals surface area contributed by atoms with Crippen LogP contribution in [-0.4, -0.2) is 25.7 Å². The van der Waals surface area contributed by atoms with Crippen molar-refractivity contribution in [1.82, 2.24) is 14.6 Å². The maximum absolute atomic E-state index is 10.9. The average molecular weight is 216 g/mol. The van der Waals surface area contributed by atoms with E-state index in [2.05, 4.69) is 10.1 Å². The fraction of sp³-hybridized carbons (Fsp3) is 0. The van der Waals surface area contributed by atoms with Crippen molar-refractivity contribution in [2.45, 2.75) is 0 Å². The van der Waals surface area contributed by atoms with Gasteiger partial charge in [-0.25, -0.2) is 14.3 Å². The number of fused-ring (bicyclic) bond motifs is 3. The van der Waals surface area contributed by atoms with Gasteiger partial charge in [-0.05, 0) is 12.1 Å². The summed E-state index contributed by atoms with van der Waals surface area (Å²) in [5.74, 6) is -1.05. The number of nitrogens with zero attached hydrogens (tertiary/aromatic N) is 2. The van der Waals surface area contributed by atoms with Gasteiger partial charge in [0.15, 0.2) is 5.65 Å². The van der Waals surface area contributed by atoms with Crippen LogP contribution in [0.4, 0.5) is 5.69 Å². The van der Waals surface area contributed by atoms with Crippen LogP contribution in [0.15, 0.2) is 24.4 Å². The molecule has 0 aliphatic heterocycles. The number of aromatic nitrogens is 3. The van der Waals surface area contributed by atoms with Crippen molar-refractivity contribution in [2.75, 3.05) is 5.73 Å². The van der Waals surface area contributed by atoms with Crippen molar-refractivity contribution < 1.29 is 9.90 Å². The molecule has 0 aliphatic carbocycles. The molecule has 0 fully saturated rings. The Morgan fingerprint density at radius 1 is 1.50 bits per heavy atom. The Morgan fingerprint density at radius 2 is 2.31 bits per heavy atom. The normalized spacial score (nSPS) is 11.2. The van der Waals surface area contributed by atoms with Crippen LogP contribution in [-0.2, 0) is 0 Å². The molecule has 80 valence electrons. The lowest BCUT2D eigenvalue weighted by atomic mass is 10.1. The van der Waals surface area contributed by atoms with Gasteiger partial charge in [0.2, 0.25) is 0 Å². The lowest BCUT2D eigenvalue weighted by Gasteiger charge is -2.00.